The van der Waals surface area contributed by atoms with Crippen LogP contribution in [0.1, 0.15) is 71.3 Å². The van der Waals surface area contributed by atoms with Gasteiger partial charge in [-0.05, 0) is 125 Å². The highest BCUT2D eigenvalue weighted by Crippen LogP contribution is 2.37. The maximum Gasteiger partial charge on any atom is 0.407 e. The number of carbonyl (C=O) groups excluding carboxylic acids is 2. The lowest BCUT2D eigenvalue weighted by Gasteiger charge is -2.36. The number of hydrogen-bond acceptors (Lipinski definition) is 7. The third-order valence-corrected chi connectivity index (χ3v) is 9.55. The van der Waals surface area contributed by atoms with Crippen LogP contribution in [0.25, 0.3) is 0 Å². The molecular formula is C38H47F2N3O5S. The molecule has 1 heterocycles. The molecule has 1 atom stereocenters. The van der Waals surface area contributed by atoms with Crippen molar-refractivity contribution in [3.8, 4) is 17.2 Å². The molecule has 1 saturated heterocycles. The lowest BCUT2D eigenvalue weighted by Crippen LogP contribution is -2.56. The van der Waals surface area contributed by atoms with Crippen molar-refractivity contribution in [3.05, 3.63) is 84.4 Å². The number of likely N-dealkylation sites (tertiary alicyclic amines) is 1. The number of halogens is 2. The summed E-state index contributed by atoms with van der Waals surface area (Å²) in [5.41, 5.74) is -0.955. The van der Waals surface area contributed by atoms with Gasteiger partial charge >= 0.3 is 6.09 Å². The van der Waals surface area contributed by atoms with Crippen LogP contribution in [0.15, 0.2) is 83.8 Å². The Bertz CT molecular complexity index is 1490. The van der Waals surface area contributed by atoms with Crippen LogP contribution >= 0.6 is 11.9 Å². The van der Waals surface area contributed by atoms with E-state index in [0.29, 0.717) is 41.8 Å². The minimum Gasteiger partial charge on any atom is -0.493 e. The summed E-state index contributed by atoms with van der Waals surface area (Å²) in [5.74, 6) is -2.00. The van der Waals surface area contributed by atoms with E-state index >= 15 is 8.78 Å². The topological polar surface area (TPSA) is 89.1 Å². The number of amides is 2. The van der Waals surface area contributed by atoms with Crippen molar-refractivity contribution in [2.24, 2.45) is 5.92 Å². The van der Waals surface area contributed by atoms with Crippen LogP contribution in [0.4, 0.5) is 13.6 Å². The Morgan fingerprint density at radius 3 is 2.08 bits per heavy atom. The zero-order valence-electron chi connectivity index (χ0n) is 28.5. The SMILES string of the molecule is CC(C)(C)OC(=O)NC1CCN(C(=O)C(NSc2ccc(OCC3CCCCC3)cc2)C(F)(F)c2ccc(Oc3ccccc3)cc2)CC1. The van der Waals surface area contributed by atoms with Gasteiger partial charge < -0.3 is 24.4 Å². The van der Waals surface area contributed by atoms with Gasteiger partial charge in [-0.15, -0.1) is 0 Å². The number of hydrogen-bond donors (Lipinski definition) is 2. The second-order valence-electron chi connectivity index (χ2n) is 13.7. The quantitative estimate of drug-likeness (QED) is 0.183. The zero-order chi connectivity index (χ0) is 34.9. The maximum absolute atomic E-state index is 16.4. The molecule has 2 fully saturated rings. The molecule has 1 saturated carbocycles. The van der Waals surface area contributed by atoms with E-state index in [-0.39, 0.29) is 24.7 Å². The Balaban J connectivity index is 1.26. The van der Waals surface area contributed by atoms with E-state index in [0.717, 1.165) is 17.7 Å². The van der Waals surface area contributed by atoms with Gasteiger partial charge in [-0.3, -0.25) is 4.79 Å². The maximum atomic E-state index is 16.4. The number of alkyl halides is 2. The first-order valence-electron chi connectivity index (χ1n) is 17.1. The van der Waals surface area contributed by atoms with Crippen molar-refractivity contribution < 1.29 is 32.6 Å². The molecule has 1 unspecified atom stereocenters. The second-order valence-corrected chi connectivity index (χ2v) is 14.7. The van der Waals surface area contributed by atoms with Crippen molar-refractivity contribution in [3.63, 3.8) is 0 Å². The molecule has 49 heavy (non-hydrogen) atoms. The van der Waals surface area contributed by atoms with Crippen LogP contribution < -0.4 is 19.5 Å². The third kappa shape index (κ3) is 10.8. The number of carbonyl (C=O) groups is 2. The average molecular weight is 696 g/mol. The van der Waals surface area contributed by atoms with Gasteiger partial charge in [0.05, 0.1) is 6.61 Å². The van der Waals surface area contributed by atoms with Crippen molar-refractivity contribution >= 4 is 23.9 Å². The number of rotatable bonds is 12. The molecule has 2 aliphatic rings. The molecule has 0 radical (unpaired) electrons. The minimum absolute atomic E-state index is 0.217. The molecule has 1 aliphatic carbocycles. The standard InChI is InChI=1S/C38H47F2N3O5S/c1-37(2,3)48-36(45)41-29-22-24-43(25-23-29)35(44)34(38(39,40)28-14-16-32(17-15-28)47-31-12-8-5-9-13-31)42-49-33-20-18-30(19-21-33)46-26-27-10-6-4-7-11-27/h5,8-9,12-21,27,29,34,42H,4,6-7,10-11,22-26H2,1-3H3,(H,41,45). The Morgan fingerprint density at radius 2 is 1.45 bits per heavy atom. The Labute approximate surface area is 292 Å². The molecule has 0 spiro atoms. The molecule has 11 heteroatoms. The van der Waals surface area contributed by atoms with Crippen LogP contribution in [0.3, 0.4) is 0 Å². The number of benzene rings is 3. The lowest BCUT2D eigenvalue weighted by molar-refractivity contribution is -0.145. The van der Waals surface area contributed by atoms with Crippen LogP contribution in [-0.2, 0) is 15.5 Å². The fraction of sp³-hybridized carbons (Fsp3) is 0.474. The fourth-order valence-electron chi connectivity index (χ4n) is 6.02. The highest BCUT2D eigenvalue weighted by molar-refractivity contribution is 7.97. The molecule has 5 rings (SSSR count). The Hall–Kier alpha value is -3.83. The van der Waals surface area contributed by atoms with Crippen molar-refractivity contribution in [1.29, 1.82) is 0 Å². The van der Waals surface area contributed by atoms with Gasteiger partial charge in [-0.2, -0.15) is 8.78 Å². The van der Waals surface area contributed by atoms with Gasteiger partial charge in [-0.1, -0.05) is 37.5 Å². The Morgan fingerprint density at radius 1 is 0.837 bits per heavy atom. The molecular weight excluding hydrogens is 648 g/mol. The van der Waals surface area contributed by atoms with Gasteiger partial charge in [0.1, 0.15) is 22.8 Å². The molecule has 3 aromatic carbocycles. The summed E-state index contributed by atoms with van der Waals surface area (Å²) < 4.78 is 52.7. The van der Waals surface area contributed by atoms with Gasteiger partial charge in [0.15, 0.2) is 6.04 Å². The number of nitrogens with one attached hydrogen (secondary N) is 2. The minimum atomic E-state index is -3.57. The lowest BCUT2D eigenvalue weighted by atomic mass is 9.90. The summed E-state index contributed by atoms with van der Waals surface area (Å²) in [5, 5.41) is 2.83. The summed E-state index contributed by atoms with van der Waals surface area (Å²) in [6, 6.07) is 19.8. The molecule has 1 aliphatic heterocycles. The first-order valence-corrected chi connectivity index (χ1v) is 17.9. The highest BCUT2D eigenvalue weighted by atomic mass is 32.2. The van der Waals surface area contributed by atoms with E-state index in [1.54, 1.807) is 45.0 Å². The van der Waals surface area contributed by atoms with E-state index in [1.807, 2.05) is 30.3 Å². The van der Waals surface area contributed by atoms with Crippen LogP contribution in [0.2, 0.25) is 0 Å². The molecule has 3 aromatic rings. The molecule has 2 N–H and O–H groups in total. The summed E-state index contributed by atoms with van der Waals surface area (Å²) >= 11 is 0.985. The normalized spacial score (nSPS) is 16.9. The largest absolute Gasteiger partial charge is 0.493 e. The van der Waals surface area contributed by atoms with E-state index in [9.17, 15) is 9.59 Å². The predicted molar refractivity (Wildman–Crippen MR) is 187 cm³/mol. The summed E-state index contributed by atoms with van der Waals surface area (Å²) in [4.78, 5) is 28.3. The van der Waals surface area contributed by atoms with Crippen LogP contribution in [-0.4, -0.2) is 54.3 Å². The van der Waals surface area contributed by atoms with Crippen molar-refractivity contribution in [2.75, 3.05) is 19.7 Å². The predicted octanol–water partition coefficient (Wildman–Crippen LogP) is 8.71. The fourth-order valence-corrected chi connectivity index (χ4v) is 6.79. The number of nitrogens with zero attached hydrogens (tertiary/aromatic N) is 1. The highest BCUT2D eigenvalue weighted by Gasteiger charge is 2.48. The number of para-hydroxylation sites is 1. The van der Waals surface area contributed by atoms with Crippen molar-refractivity contribution in [2.45, 2.75) is 94.2 Å². The molecule has 0 aromatic heterocycles. The monoisotopic (exact) mass is 695 g/mol. The number of alkyl carbamates (subject to hydrolysis) is 1. The summed E-state index contributed by atoms with van der Waals surface area (Å²) in [6.45, 7) is 6.45. The number of piperidine rings is 1. The van der Waals surface area contributed by atoms with E-state index in [1.165, 1.54) is 61.3 Å². The molecule has 0 bridgehead atoms. The van der Waals surface area contributed by atoms with Gasteiger partial charge in [-0.25, -0.2) is 9.52 Å². The smallest absolute Gasteiger partial charge is 0.407 e. The van der Waals surface area contributed by atoms with E-state index in [2.05, 4.69) is 10.0 Å². The van der Waals surface area contributed by atoms with Crippen LogP contribution in [0, 0.1) is 5.92 Å². The van der Waals surface area contributed by atoms with Gasteiger partial charge in [0.25, 0.3) is 5.92 Å². The summed E-state index contributed by atoms with van der Waals surface area (Å²) in [6.07, 6.45) is 6.44. The van der Waals surface area contributed by atoms with E-state index in [4.69, 9.17) is 14.2 Å². The number of ether oxygens (including phenoxy) is 3. The molecule has 264 valence electrons. The summed E-state index contributed by atoms with van der Waals surface area (Å²) in [7, 11) is 0. The van der Waals surface area contributed by atoms with E-state index < -0.39 is 29.6 Å². The average Bonchev–Trinajstić information content (AvgIpc) is 3.08. The first kappa shape index (κ1) is 36.5. The molecule has 8 nitrogen and oxygen atoms in total. The zero-order valence-corrected chi connectivity index (χ0v) is 29.3. The molecule has 2 amide bonds. The van der Waals surface area contributed by atoms with Gasteiger partial charge in [0.2, 0.25) is 5.91 Å². The van der Waals surface area contributed by atoms with Crippen LogP contribution in [0.5, 0.6) is 17.2 Å². The Kier molecular flexibility index (Phi) is 12.4. The third-order valence-electron chi connectivity index (χ3n) is 8.68. The first-order chi connectivity index (χ1) is 23.5. The van der Waals surface area contributed by atoms with Gasteiger partial charge in [0, 0.05) is 29.6 Å². The van der Waals surface area contributed by atoms with Crippen molar-refractivity contribution in [1.82, 2.24) is 14.9 Å². The second kappa shape index (κ2) is 16.7.